The van der Waals surface area contributed by atoms with Crippen LogP contribution in [0.25, 0.3) is 0 Å². The van der Waals surface area contributed by atoms with Gasteiger partial charge in [0.25, 0.3) is 0 Å². The zero-order valence-electron chi connectivity index (χ0n) is 15.3. The highest BCUT2D eigenvalue weighted by atomic mass is 32.1. The summed E-state index contributed by atoms with van der Waals surface area (Å²) in [5.41, 5.74) is -0.457. The minimum Gasteiger partial charge on any atom is -0.444 e. The first-order valence-electron chi connectivity index (χ1n) is 8.83. The van der Waals surface area contributed by atoms with Crippen LogP contribution in [0.5, 0.6) is 0 Å². The second-order valence-electron chi connectivity index (χ2n) is 7.39. The molecule has 0 saturated carbocycles. The summed E-state index contributed by atoms with van der Waals surface area (Å²) in [5, 5.41) is 2.28. The molecule has 1 atom stereocenters. The molecule has 1 aliphatic rings. The molecule has 1 aromatic rings. The zero-order chi connectivity index (χ0) is 18.3. The number of ether oxygens (including phenoxy) is 2. The molecule has 1 amide bonds. The quantitative estimate of drug-likeness (QED) is 0.541. The average molecular weight is 368 g/mol. The Labute approximate surface area is 153 Å². The molecule has 0 N–H and O–H groups in total. The van der Waals surface area contributed by atoms with Crippen LogP contribution in [-0.4, -0.2) is 53.7 Å². The highest BCUT2D eigenvalue weighted by molar-refractivity contribution is 7.11. The van der Waals surface area contributed by atoms with Crippen molar-refractivity contribution in [2.45, 2.75) is 52.1 Å². The number of likely N-dealkylation sites (tertiary alicyclic amines) is 1. The fourth-order valence-corrected chi connectivity index (χ4v) is 3.42. The molecule has 0 radical (unpaired) electrons. The Kier molecular flexibility index (Phi) is 7.38. The van der Waals surface area contributed by atoms with Crippen LogP contribution in [0.4, 0.5) is 4.79 Å². The van der Waals surface area contributed by atoms with Gasteiger partial charge in [-0.2, -0.15) is 0 Å². The van der Waals surface area contributed by atoms with E-state index in [0.717, 1.165) is 38.8 Å². The lowest BCUT2D eigenvalue weighted by molar-refractivity contribution is 0.0155. The topological polar surface area (TPSA) is 68.7 Å². The first kappa shape index (κ1) is 19.8. The molecule has 25 heavy (non-hydrogen) atoms. The van der Waals surface area contributed by atoms with E-state index in [1.807, 2.05) is 25.7 Å². The molecule has 1 unspecified atom stereocenters. The number of carbonyl (C=O) groups is 2. The summed E-state index contributed by atoms with van der Waals surface area (Å²) in [6.45, 7) is 7.81. The van der Waals surface area contributed by atoms with Crippen molar-refractivity contribution in [1.29, 1.82) is 0 Å². The highest BCUT2D eigenvalue weighted by Gasteiger charge is 2.27. The number of hydrogen-bond donors (Lipinski definition) is 0. The van der Waals surface area contributed by atoms with Gasteiger partial charge in [0.05, 0.1) is 0 Å². The van der Waals surface area contributed by atoms with Crippen molar-refractivity contribution in [2.24, 2.45) is 5.92 Å². The molecular formula is C18H28N2O4S. The normalized spacial score (nSPS) is 18.2. The molecule has 7 heteroatoms. The highest BCUT2D eigenvalue weighted by Crippen LogP contribution is 2.22. The zero-order valence-corrected chi connectivity index (χ0v) is 16.1. The fourth-order valence-electron chi connectivity index (χ4n) is 2.85. The molecule has 0 aromatic carbocycles. The number of thiazole rings is 1. The molecule has 6 nitrogen and oxygen atoms in total. The molecule has 2 heterocycles. The lowest BCUT2D eigenvalue weighted by Gasteiger charge is -2.34. The number of ketones is 1. The van der Waals surface area contributed by atoms with Gasteiger partial charge in [0.2, 0.25) is 5.78 Å². The number of hydrogen-bond acceptors (Lipinski definition) is 6. The average Bonchev–Trinajstić information content (AvgIpc) is 3.07. The van der Waals surface area contributed by atoms with Crippen molar-refractivity contribution in [1.82, 2.24) is 9.88 Å². The number of amides is 1. The monoisotopic (exact) mass is 368 g/mol. The van der Waals surface area contributed by atoms with Crippen LogP contribution in [0.3, 0.4) is 0 Å². The Morgan fingerprint density at radius 1 is 1.40 bits per heavy atom. The molecule has 2 rings (SSSR count). The van der Waals surface area contributed by atoms with Crippen molar-refractivity contribution >= 4 is 23.2 Å². The van der Waals surface area contributed by atoms with Crippen molar-refractivity contribution in [3.8, 4) is 0 Å². The fraction of sp³-hybridized carbons (Fsp3) is 0.722. The Hall–Kier alpha value is -1.47. The van der Waals surface area contributed by atoms with Crippen LogP contribution >= 0.6 is 11.3 Å². The number of piperidine rings is 1. The number of aromatic nitrogens is 1. The standard InChI is InChI=1S/C18H28N2O4S/c1-18(2,3)24-17(22)20-9-4-6-14(12-20)7-5-10-23-13-15(21)16-19-8-11-25-16/h8,11,14H,4-7,9-10,12-13H2,1-3H3. The van der Waals surface area contributed by atoms with Gasteiger partial charge in [0, 0.05) is 31.3 Å². The third-order valence-electron chi connectivity index (χ3n) is 3.98. The summed E-state index contributed by atoms with van der Waals surface area (Å²) in [5.74, 6) is 0.406. The van der Waals surface area contributed by atoms with Gasteiger partial charge < -0.3 is 14.4 Å². The maximum absolute atomic E-state index is 12.2. The van der Waals surface area contributed by atoms with Crippen LogP contribution < -0.4 is 0 Å². The second-order valence-corrected chi connectivity index (χ2v) is 8.28. The Morgan fingerprint density at radius 2 is 2.20 bits per heavy atom. The number of rotatable bonds is 7. The van der Waals surface area contributed by atoms with Crippen LogP contribution in [0, 0.1) is 5.92 Å². The number of carbonyl (C=O) groups excluding carboxylic acids is 2. The minimum absolute atomic E-state index is 0.0660. The van der Waals surface area contributed by atoms with Crippen molar-refractivity contribution in [2.75, 3.05) is 26.3 Å². The maximum Gasteiger partial charge on any atom is 0.410 e. The van der Waals surface area contributed by atoms with Gasteiger partial charge in [0.1, 0.15) is 12.2 Å². The van der Waals surface area contributed by atoms with E-state index in [0.29, 0.717) is 17.5 Å². The molecular weight excluding hydrogens is 340 g/mol. The smallest absolute Gasteiger partial charge is 0.410 e. The predicted molar refractivity (Wildman–Crippen MR) is 97.0 cm³/mol. The van der Waals surface area contributed by atoms with Crippen LogP contribution in [0.1, 0.15) is 56.3 Å². The van der Waals surface area contributed by atoms with E-state index in [9.17, 15) is 9.59 Å². The first-order chi connectivity index (χ1) is 11.8. The molecule has 1 aromatic heterocycles. The molecule has 1 aliphatic heterocycles. The van der Waals surface area contributed by atoms with Crippen molar-refractivity contribution in [3.63, 3.8) is 0 Å². The lowest BCUT2D eigenvalue weighted by Crippen LogP contribution is -2.42. The van der Waals surface area contributed by atoms with Gasteiger partial charge >= 0.3 is 6.09 Å². The summed E-state index contributed by atoms with van der Waals surface area (Å²) in [7, 11) is 0. The summed E-state index contributed by atoms with van der Waals surface area (Å²) in [6.07, 6.45) is 5.41. The lowest BCUT2D eigenvalue weighted by atomic mass is 9.94. The molecule has 0 spiro atoms. The van der Waals surface area contributed by atoms with E-state index in [2.05, 4.69) is 4.98 Å². The Balaban J connectivity index is 1.62. The van der Waals surface area contributed by atoms with Crippen LogP contribution in [0.15, 0.2) is 11.6 Å². The van der Waals surface area contributed by atoms with Gasteiger partial charge in [0.15, 0.2) is 5.01 Å². The third-order valence-corrected chi connectivity index (χ3v) is 4.79. The maximum atomic E-state index is 12.2. The van der Waals surface area contributed by atoms with E-state index in [1.54, 1.807) is 11.6 Å². The van der Waals surface area contributed by atoms with Gasteiger partial charge in [-0.15, -0.1) is 11.3 Å². The van der Waals surface area contributed by atoms with Crippen LogP contribution in [-0.2, 0) is 9.47 Å². The molecule has 0 aliphatic carbocycles. The molecule has 1 fully saturated rings. The molecule has 0 bridgehead atoms. The van der Waals surface area contributed by atoms with E-state index in [1.165, 1.54) is 11.3 Å². The van der Waals surface area contributed by atoms with E-state index >= 15 is 0 Å². The molecule has 140 valence electrons. The van der Waals surface area contributed by atoms with E-state index < -0.39 is 5.60 Å². The number of Topliss-reactive ketones (excluding diaryl/α,β-unsaturated/α-hetero) is 1. The summed E-state index contributed by atoms with van der Waals surface area (Å²) < 4.78 is 10.9. The first-order valence-corrected chi connectivity index (χ1v) is 9.71. The largest absolute Gasteiger partial charge is 0.444 e. The third kappa shape index (κ3) is 7.12. The van der Waals surface area contributed by atoms with E-state index in [-0.39, 0.29) is 18.5 Å². The molecule has 1 saturated heterocycles. The SMILES string of the molecule is CC(C)(C)OC(=O)N1CCCC(CCCOCC(=O)c2nccs2)C1. The van der Waals surface area contributed by atoms with Crippen molar-refractivity contribution < 1.29 is 19.1 Å². The Bertz CT molecular complexity index is 554. The van der Waals surface area contributed by atoms with Crippen LogP contribution in [0.2, 0.25) is 0 Å². The minimum atomic E-state index is -0.457. The predicted octanol–water partition coefficient (Wildman–Crippen LogP) is 3.77. The summed E-state index contributed by atoms with van der Waals surface area (Å²) in [4.78, 5) is 29.7. The van der Waals surface area contributed by atoms with Gasteiger partial charge in [-0.25, -0.2) is 9.78 Å². The second kappa shape index (κ2) is 9.29. The summed E-state index contributed by atoms with van der Waals surface area (Å²) in [6, 6.07) is 0. The summed E-state index contributed by atoms with van der Waals surface area (Å²) >= 11 is 1.33. The Morgan fingerprint density at radius 3 is 2.88 bits per heavy atom. The van der Waals surface area contributed by atoms with Gasteiger partial charge in [-0.1, -0.05) is 0 Å². The van der Waals surface area contributed by atoms with E-state index in [4.69, 9.17) is 9.47 Å². The van der Waals surface area contributed by atoms with Crippen molar-refractivity contribution in [3.05, 3.63) is 16.6 Å². The van der Waals surface area contributed by atoms with Gasteiger partial charge in [-0.3, -0.25) is 4.79 Å². The van der Waals surface area contributed by atoms with Gasteiger partial charge in [-0.05, 0) is 52.4 Å². The number of nitrogens with zero attached hydrogens (tertiary/aromatic N) is 2.